The number of carbonyl (C=O) groups excluding carboxylic acids is 1. The van der Waals surface area contributed by atoms with E-state index in [1.807, 2.05) is 17.5 Å². The summed E-state index contributed by atoms with van der Waals surface area (Å²) in [6.07, 6.45) is 1.03. The molecule has 0 saturated carbocycles. The van der Waals surface area contributed by atoms with Crippen LogP contribution in [0.2, 0.25) is 0 Å². The number of hydrogen-bond acceptors (Lipinski definition) is 8. The molecule has 1 saturated heterocycles. The van der Waals surface area contributed by atoms with Gasteiger partial charge in [0.25, 0.3) is 0 Å². The molecule has 3 aromatic rings. The van der Waals surface area contributed by atoms with E-state index in [0.29, 0.717) is 24.6 Å². The molecule has 0 unspecified atom stereocenters. The van der Waals surface area contributed by atoms with E-state index in [9.17, 15) is 17.6 Å². The number of carbonyl (C=O) groups is 1. The van der Waals surface area contributed by atoms with Crippen molar-refractivity contribution in [2.75, 3.05) is 31.6 Å². The average Bonchev–Trinajstić information content (AvgIpc) is 3.48. The molecule has 0 bridgehead atoms. The molecular formula is C20H21FN4O5S2. The first kappa shape index (κ1) is 22.5. The first-order valence-electron chi connectivity index (χ1n) is 9.97. The highest BCUT2D eigenvalue weighted by atomic mass is 32.2. The normalized spacial score (nSPS) is 15.0. The van der Waals surface area contributed by atoms with Gasteiger partial charge < -0.3 is 14.6 Å². The molecule has 0 radical (unpaired) electrons. The number of aryl methyl sites for hydroxylation is 1. The second-order valence-electron chi connectivity index (χ2n) is 7.05. The van der Waals surface area contributed by atoms with E-state index >= 15 is 0 Å². The number of anilines is 1. The predicted octanol–water partition coefficient (Wildman–Crippen LogP) is 2.92. The van der Waals surface area contributed by atoms with Crippen LogP contribution in [0.1, 0.15) is 18.7 Å². The minimum absolute atomic E-state index is 0.152. The lowest BCUT2D eigenvalue weighted by Crippen LogP contribution is -2.40. The van der Waals surface area contributed by atoms with Gasteiger partial charge in [-0.25, -0.2) is 12.8 Å². The Hall–Kier alpha value is -2.67. The smallest absolute Gasteiger partial charge is 0.246 e. The van der Waals surface area contributed by atoms with Crippen molar-refractivity contribution in [2.24, 2.45) is 0 Å². The van der Waals surface area contributed by atoms with Crippen LogP contribution in [0, 0.1) is 5.82 Å². The topological polar surface area (TPSA) is 115 Å². The average molecular weight is 481 g/mol. The highest BCUT2D eigenvalue weighted by Crippen LogP contribution is 2.24. The van der Waals surface area contributed by atoms with Crippen LogP contribution >= 0.6 is 11.3 Å². The quantitative estimate of drug-likeness (QED) is 0.527. The zero-order valence-electron chi connectivity index (χ0n) is 17.0. The van der Waals surface area contributed by atoms with Gasteiger partial charge in [0.05, 0.1) is 18.1 Å². The number of benzene rings is 1. The van der Waals surface area contributed by atoms with Crippen LogP contribution in [0.5, 0.6) is 0 Å². The Morgan fingerprint density at radius 1 is 1.25 bits per heavy atom. The highest BCUT2D eigenvalue weighted by Gasteiger charge is 2.29. The maximum atomic E-state index is 14.3. The molecule has 170 valence electrons. The molecular weight excluding hydrogens is 459 g/mol. The number of ether oxygens (including phenoxy) is 1. The summed E-state index contributed by atoms with van der Waals surface area (Å²) in [6.45, 7) is 0.822. The Bertz CT molecular complexity index is 1170. The molecule has 4 rings (SSSR count). The van der Waals surface area contributed by atoms with Gasteiger partial charge in [0, 0.05) is 31.6 Å². The molecule has 0 atom stereocenters. The second-order valence-corrected chi connectivity index (χ2v) is 9.91. The predicted molar refractivity (Wildman–Crippen MR) is 115 cm³/mol. The van der Waals surface area contributed by atoms with Crippen LogP contribution in [-0.4, -0.2) is 55.1 Å². The zero-order chi connectivity index (χ0) is 22.6. The van der Waals surface area contributed by atoms with Crippen molar-refractivity contribution in [3.05, 3.63) is 47.4 Å². The molecule has 1 amide bonds. The number of rotatable bonds is 8. The maximum Gasteiger partial charge on any atom is 0.246 e. The zero-order valence-corrected chi connectivity index (χ0v) is 18.6. The number of nitrogens with one attached hydrogen (secondary N) is 1. The fraction of sp³-hybridized carbons (Fsp3) is 0.350. The molecule has 0 spiro atoms. The van der Waals surface area contributed by atoms with Gasteiger partial charge in [0.2, 0.25) is 27.6 Å². The standard InChI is InChI=1S/C20H21FN4O5S2/c21-15-7-6-14(13-17(15)32(27,28)25-8-10-29-11-9-25)22-18(26)4-1-5-19-23-20(24-30-19)16-3-2-12-31-16/h2-3,6-7,12-13H,1,4-5,8-11H2,(H,22,26). The van der Waals surface area contributed by atoms with E-state index in [-0.39, 0.29) is 44.3 Å². The molecule has 1 aliphatic heterocycles. The minimum atomic E-state index is -4.02. The summed E-state index contributed by atoms with van der Waals surface area (Å²) >= 11 is 1.50. The molecule has 1 aliphatic rings. The lowest BCUT2D eigenvalue weighted by atomic mass is 10.2. The van der Waals surface area contributed by atoms with Crippen molar-refractivity contribution >= 4 is 33.0 Å². The van der Waals surface area contributed by atoms with Crippen molar-refractivity contribution in [3.8, 4) is 10.7 Å². The van der Waals surface area contributed by atoms with Crippen LogP contribution in [0.4, 0.5) is 10.1 Å². The van der Waals surface area contributed by atoms with Gasteiger partial charge in [0.1, 0.15) is 10.7 Å². The SMILES string of the molecule is O=C(CCCc1nc(-c2cccs2)no1)Nc1ccc(F)c(S(=O)(=O)N2CCOCC2)c1. The lowest BCUT2D eigenvalue weighted by Gasteiger charge is -2.26. The third kappa shape index (κ3) is 5.21. The van der Waals surface area contributed by atoms with E-state index in [4.69, 9.17) is 9.26 Å². The Balaban J connectivity index is 1.34. The number of sulfonamides is 1. The van der Waals surface area contributed by atoms with Gasteiger partial charge in [-0.1, -0.05) is 11.2 Å². The summed E-state index contributed by atoms with van der Waals surface area (Å²) in [5, 5.41) is 8.46. The number of hydrogen-bond donors (Lipinski definition) is 1. The third-order valence-corrected chi connectivity index (χ3v) is 7.59. The molecule has 12 heteroatoms. The maximum absolute atomic E-state index is 14.3. The number of amides is 1. The molecule has 2 aromatic heterocycles. The Morgan fingerprint density at radius 2 is 2.06 bits per heavy atom. The fourth-order valence-electron chi connectivity index (χ4n) is 3.19. The largest absolute Gasteiger partial charge is 0.379 e. The number of aromatic nitrogens is 2. The van der Waals surface area contributed by atoms with Crippen molar-refractivity contribution < 1.29 is 26.9 Å². The van der Waals surface area contributed by atoms with Crippen molar-refractivity contribution in [1.82, 2.24) is 14.4 Å². The van der Waals surface area contributed by atoms with Gasteiger partial charge in [0.15, 0.2) is 0 Å². The van der Waals surface area contributed by atoms with E-state index in [1.54, 1.807) is 0 Å². The van der Waals surface area contributed by atoms with Crippen molar-refractivity contribution in [2.45, 2.75) is 24.2 Å². The highest BCUT2D eigenvalue weighted by molar-refractivity contribution is 7.89. The van der Waals surface area contributed by atoms with Gasteiger partial charge in [-0.15, -0.1) is 11.3 Å². The molecule has 1 fully saturated rings. The summed E-state index contributed by atoms with van der Waals surface area (Å²) in [6, 6.07) is 7.30. The number of halogens is 1. The minimum Gasteiger partial charge on any atom is -0.379 e. The molecule has 0 aliphatic carbocycles. The number of nitrogens with zero attached hydrogens (tertiary/aromatic N) is 3. The summed E-state index contributed by atoms with van der Waals surface area (Å²) in [5.41, 5.74) is 0.209. The number of morpholine rings is 1. The second kappa shape index (κ2) is 9.86. The Labute approximate surface area is 188 Å². The number of thiophene rings is 1. The van der Waals surface area contributed by atoms with Crippen LogP contribution in [0.25, 0.3) is 10.7 Å². The molecule has 1 aromatic carbocycles. The van der Waals surface area contributed by atoms with Crippen molar-refractivity contribution in [3.63, 3.8) is 0 Å². The lowest BCUT2D eigenvalue weighted by molar-refractivity contribution is -0.116. The first-order chi connectivity index (χ1) is 15.4. The summed E-state index contributed by atoms with van der Waals surface area (Å²) in [4.78, 5) is 17.0. The summed E-state index contributed by atoms with van der Waals surface area (Å²) in [7, 11) is -4.02. The molecule has 1 N–H and O–H groups in total. The van der Waals surface area contributed by atoms with E-state index in [1.165, 1.54) is 21.7 Å². The van der Waals surface area contributed by atoms with Crippen LogP contribution < -0.4 is 5.32 Å². The van der Waals surface area contributed by atoms with Gasteiger partial charge >= 0.3 is 0 Å². The Morgan fingerprint density at radius 3 is 2.81 bits per heavy atom. The van der Waals surface area contributed by atoms with E-state index in [0.717, 1.165) is 17.0 Å². The molecule has 32 heavy (non-hydrogen) atoms. The third-order valence-electron chi connectivity index (χ3n) is 4.81. The monoisotopic (exact) mass is 480 g/mol. The van der Waals surface area contributed by atoms with Gasteiger partial charge in [-0.2, -0.15) is 9.29 Å². The van der Waals surface area contributed by atoms with Crippen LogP contribution in [0.3, 0.4) is 0 Å². The molecule has 3 heterocycles. The van der Waals surface area contributed by atoms with E-state index in [2.05, 4.69) is 15.5 Å². The first-order valence-corrected chi connectivity index (χ1v) is 12.3. The van der Waals surface area contributed by atoms with Crippen LogP contribution in [0.15, 0.2) is 45.1 Å². The van der Waals surface area contributed by atoms with E-state index < -0.39 is 20.7 Å². The van der Waals surface area contributed by atoms with Gasteiger partial charge in [-0.3, -0.25) is 4.79 Å². The van der Waals surface area contributed by atoms with Gasteiger partial charge in [-0.05, 0) is 36.1 Å². The molecule has 9 nitrogen and oxygen atoms in total. The van der Waals surface area contributed by atoms with Crippen molar-refractivity contribution in [1.29, 1.82) is 0 Å². The fourth-order valence-corrected chi connectivity index (χ4v) is 5.34. The summed E-state index contributed by atoms with van der Waals surface area (Å²) < 4.78 is 51.3. The summed E-state index contributed by atoms with van der Waals surface area (Å²) in [5.74, 6) is -0.251. The van der Waals surface area contributed by atoms with Crippen LogP contribution in [-0.2, 0) is 26.0 Å². The Kier molecular flexibility index (Phi) is 6.94.